The fourth-order valence-electron chi connectivity index (χ4n) is 3.00. The summed E-state index contributed by atoms with van der Waals surface area (Å²) in [4.78, 5) is 27.9. The number of rotatable bonds is 6. The van der Waals surface area contributed by atoms with Gasteiger partial charge in [0.15, 0.2) is 0 Å². The molecule has 0 saturated carbocycles. The summed E-state index contributed by atoms with van der Waals surface area (Å²) in [5, 5.41) is 0. The van der Waals surface area contributed by atoms with Crippen molar-refractivity contribution in [3.05, 3.63) is 35.9 Å². The van der Waals surface area contributed by atoms with Gasteiger partial charge in [-0.1, -0.05) is 30.3 Å². The number of benzene rings is 1. The van der Waals surface area contributed by atoms with E-state index in [-0.39, 0.29) is 37.2 Å². The lowest BCUT2D eigenvalue weighted by atomic mass is 10.2. The molecule has 0 aliphatic carbocycles. The van der Waals surface area contributed by atoms with E-state index in [1.54, 1.807) is 9.80 Å². The lowest BCUT2D eigenvalue weighted by Crippen LogP contribution is -2.49. The summed E-state index contributed by atoms with van der Waals surface area (Å²) in [6, 6.07) is 9.62. The Hall–Kier alpha value is -2.08. The second-order valence-corrected chi connectivity index (χ2v) is 6.37. The molecular weight excluding hydrogens is 306 g/mol. The summed E-state index contributed by atoms with van der Waals surface area (Å²) >= 11 is 0. The van der Waals surface area contributed by atoms with E-state index in [0.29, 0.717) is 13.1 Å². The van der Waals surface area contributed by atoms with Crippen molar-refractivity contribution in [3.63, 3.8) is 0 Å². The minimum Gasteiger partial charge on any atom is -0.445 e. The summed E-state index contributed by atoms with van der Waals surface area (Å²) in [7, 11) is 0. The maximum atomic E-state index is 12.5. The molecule has 1 atom stereocenters. The van der Waals surface area contributed by atoms with Gasteiger partial charge in [-0.15, -0.1) is 0 Å². The monoisotopic (exact) mass is 333 g/mol. The zero-order valence-electron chi connectivity index (χ0n) is 14.5. The van der Waals surface area contributed by atoms with Crippen LogP contribution in [0.1, 0.15) is 32.3 Å². The number of amides is 2. The first kappa shape index (κ1) is 18.3. The molecule has 0 spiro atoms. The molecule has 0 aromatic heterocycles. The fourth-order valence-corrected chi connectivity index (χ4v) is 3.00. The van der Waals surface area contributed by atoms with Gasteiger partial charge in [-0.25, -0.2) is 4.79 Å². The van der Waals surface area contributed by atoms with Crippen LogP contribution in [-0.4, -0.2) is 53.5 Å². The van der Waals surface area contributed by atoms with Crippen LogP contribution in [0.5, 0.6) is 0 Å². The van der Waals surface area contributed by atoms with Gasteiger partial charge in [-0.3, -0.25) is 4.79 Å². The molecule has 24 heavy (non-hydrogen) atoms. The quantitative estimate of drug-likeness (QED) is 0.864. The van der Waals surface area contributed by atoms with Crippen LogP contribution >= 0.6 is 0 Å². The van der Waals surface area contributed by atoms with Crippen LogP contribution in [0.25, 0.3) is 0 Å². The van der Waals surface area contributed by atoms with Crippen LogP contribution in [0.15, 0.2) is 30.3 Å². The molecule has 132 valence electrons. The highest BCUT2D eigenvalue weighted by molar-refractivity contribution is 5.78. The molecule has 1 saturated heterocycles. The molecule has 2 rings (SSSR count). The van der Waals surface area contributed by atoms with Crippen molar-refractivity contribution in [3.8, 4) is 0 Å². The highest BCUT2D eigenvalue weighted by Crippen LogP contribution is 2.20. The summed E-state index contributed by atoms with van der Waals surface area (Å²) < 4.78 is 5.44. The molecule has 2 N–H and O–H groups in total. The molecular formula is C18H27N3O3. The zero-order chi connectivity index (χ0) is 17.5. The van der Waals surface area contributed by atoms with Crippen molar-refractivity contribution < 1.29 is 14.3 Å². The first-order valence-corrected chi connectivity index (χ1v) is 8.49. The second kappa shape index (κ2) is 8.68. The summed E-state index contributed by atoms with van der Waals surface area (Å²) in [6.45, 7) is 5.36. The first-order valence-electron chi connectivity index (χ1n) is 8.49. The Bertz CT molecular complexity index is 548. The Morgan fingerprint density at radius 3 is 2.67 bits per heavy atom. The average molecular weight is 333 g/mol. The van der Waals surface area contributed by atoms with Crippen LogP contribution in [0.4, 0.5) is 4.79 Å². The Morgan fingerprint density at radius 2 is 2.04 bits per heavy atom. The highest BCUT2D eigenvalue weighted by atomic mass is 16.6. The number of ether oxygens (including phenoxy) is 1. The molecule has 6 nitrogen and oxygen atoms in total. The maximum Gasteiger partial charge on any atom is 0.410 e. The van der Waals surface area contributed by atoms with Gasteiger partial charge < -0.3 is 20.3 Å². The fraction of sp³-hybridized carbons (Fsp3) is 0.556. The first-order chi connectivity index (χ1) is 11.5. The lowest BCUT2D eigenvalue weighted by Gasteiger charge is -2.32. The van der Waals surface area contributed by atoms with Crippen molar-refractivity contribution in [1.82, 2.24) is 9.80 Å². The lowest BCUT2D eigenvalue weighted by molar-refractivity contribution is -0.130. The van der Waals surface area contributed by atoms with Crippen molar-refractivity contribution in [2.45, 2.75) is 45.4 Å². The van der Waals surface area contributed by atoms with Gasteiger partial charge in [0.2, 0.25) is 5.91 Å². The number of carbonyl (C=O) groups is 2. The molecule has 0 bridgehead atoms. The SMILES string of the molecule is CC(C)N(C[C@H]1CCCN1C(=O)CN)C(=O)OCc1ccccc1. The normalized spacial score (nSPS) is 17.2. The van der Waals surface area contributed by atoms with E-state index in [2.05, 4.69) is 0 Å². The number of carbonyl (C=O) groups excluding carboxylic acids is 2. The zero-order valence-corrected chi connectivity index (χ0v) is 14.5. The number of hydrogen-bond acceptors (Lipinski definition) is 4. The Labute approximate surface area is 143 Å². The standard InChI is InChI=1S/C18H27N3O3/c1-14(2)21(12-16-9-6-10-20(16)17(22)11-19)18(23)24-13-15-7-4-3-5-8-15/h3-5,7-8,14,16H,6,9-13,19H2,1-2H3/t16-/m1/s1. The van der Waals surface area contributed by atoms with Gasteiger partial charge in [0, 0.05) is 25.2 Å². The van der Waals surface area contributed by atoms with Crippen molar-refractivity contribution >= 4 is 12.0 Å². The van der Waals surface area contributed by atoms with E-state index in [1.807, 2.05) is 44.2 Å². The maximum absolute atomic E-state index is 12.5. The highest BCUT2D eigenvalue weighted by Gasteiger charge is 2.32. The Kier molecular flexibility index (Phi) is 6.61. The summed E-state index contributed by atoms with van der Waals surface area (Å²) in [5.74, 6) is -0.0566. The largest absolute Gasteiger partial charge is 0.445 e. The Morgan fingerprint density at radius 1 is 1.33 bits per heavy atom. The van der Waals surface area contributed by atoms with Gasteiger partial charge in [0.05, 0.1) is 6.54 Å². The van der Waals surface area contributed by atoms with E-state index >= 15 is 0 Å². The van der Waals surface area contributed by atoms with Gasteiger partial charge in [-0.2, -0.15) is 0 Å². The van der Waals surface area contributed by atoms with E-state index in [4.69, 9.17) is 10.5 Å². The Balaban J connectivity index is 1.95. The molecule has 1 aromatic rings. The summed E-state index contributed by atoms with van der Waals surface area (Å²) in [6.07, 6.45) is 1.49. The van der Waals surface area contributed by atoms with E-state index in [1.165, 1.54) is 0 Å². The summed E-state index contributed by atoms with van der Waals surface area (Å²) in [5.41, 5.74) is 6.43. The number of hydrogen-bond donors (Lipinski definition) is 1. The predicted molar refractivity (Wildman–Crippen MR) is 92.3 cm³/mol. The molecule has 1 aromatic carbocycles. The molecule has 1 aliphatic heterocycles. The minimum atomic E-state index is -0.346. The van der Waals surface area contributed by atoms with Crippen molar-refractivity contribution in [1.29, 1.82) is 0 Å². The minimum absolute atomic E-state index is 0.00343. The van der Waals surface area contributed by atoms with Gasteiger partial charge >= 0.3 is 6.09 Å². The van der Waals surface area contributed by atoms with Crippen LogP contribution in [0.3, 0.4) is 0 Å². The molecule has 6 heteroatoms. The third kappa shape index (κ3) is 4.71. The van der Waals surface area contributed by atoms with Crippen molar-refractivity contribution in [2.24, 2.45) is 5.73 Å². The van der Waals surface area contributed by atoms with Gasteiger partial charge in [-0.05, 0) is 32.3 Å². The van der Waals surface area contributed by atoms with Crippen molar-refractivity contribution in [2.75, 3.05) is 19.6 Å². The second-order valence-electron chi connectivity index (χ2n) is 6.37. The van der Waals surface area contributed by atoms with Crippen LogP contribution < -0.4 is 5.73 Å². The smallest absolute Gasteiger partial charge is 0.410 e. The molecule has 0 radical (unpaired) electrons. The number of likely N-dealkylation sites (tertiary alicyclic amines) is 1. The predicted octanol–water partition coefficient (Wildman–Crippen LogP) is 1.98. The molecule has 1 heterocycles. The third-order valence-electron chi connectivity index (χ3n) is 4.34. The van der Waals surface area contributed by atoms with E-state index < -0.39 is 0 Å². The molecule has 0 unspecified atom stereocenters. The van der Waals surface area contributed by atoms with Crippen LogP contribution in [0.2, 0.25) is 0 Å². The van der Waals surface area contributed by atoms with Crippen LogP contribution in [0, 0.1) is 0 Å². The van der Waals surface area contributed by atoms with Gasteiger partial charge in [0.25, 0.3) is 0 Å². The van der Waals surface area contributed by atoms with E-state index in [9.17, 15) is 9.59 Å². The molecule has 2 amide bonds. The average Bonchev–Trinajstić information content (AvgIpc) is 3.05. The van der Waals surface area contributed by atoms with E-state index in [0.717, 1.165) is 18.4 Å². The third-order valence-corrected chi connectivity index (χ3v) is 4.34. The number of nitrogens with zero attached hydrogens (tertiary/aromatic N) is 2. The van der Waals surface area contributed by atoms with Crippen LogP contribution in [-0.2, 0) is 16.1 Å². The molecule has 1 fully saturated rings. The van der Waals surface area contributed by atoms with Gasteiger partial charge in [0.1, 0.15) is 6.61 Å². The molecule has 1 aliphatic rings. The number of nitrogens with two attached hydrogens (primary N) is 1. The topological polar surface area (TPSA) is 75.9 Å².